The number of amides is 1. The first-order chi connectivity index (χ1) is 8.95. The van der Waals surface area contributed by atoms with Gasteiger partial charge in [-0.25, -0.2) is 4.79 Å². The van der Waals surface area contributed by atoms with Gasteiger partial charge >= 0.3 is 5.97 Å². The number of methoxy groups -OCH3 is 1. The topological polar surface area (TPSA) is 67.4 Å². The van der Waals surface area contributed by atoms with Crippen molar-refractivity contribution in [1.82, 2.24) is 5.32 Å². The normalized spacial score (nSPS) is 11.6. The van der Waals surface area contributed by atoms with Crippen LogP contribution in [0, 0.1) is 0 Å². The van der Waals surface area contributed by atoms with E-state index in [9.17, 15) is 9.59 Å². The fourth-order valence-corrected chi connectivity index (χ4v) is 1.98. The van der Waals surface area contributed by atoms with Crippen molar-refractivity contribution in [2.45, 2.75) is 13.0 Å². The van der Waals surface area contributed by atoms with E-state index in [-0.39, 0.29) is 12.5 Å². The zero-order valence-corrected chi connectivity index (χ0v) is 12.0. The summed E-state index contributed by atoms with van der Waals surface area (Å²) in [6.07, 6.45) is 0. The van der Waals surface area contributed by atoms with Crippen molar-refractivity contribution in [3.63, 3.8) is 0 Å². The summed E-state index contributed by atoms with van der Waals surface area (Å²) in [5, 5.41) is 6.26. The molecule has 0 saturated carbocycles. The van der Waals surface area contributed by atoms with Gasteiger partial charge in [-0.3, -0.25) is 4.79 Å². The predicted molar refractivity (Wildman–Crippen MR) is 74.6 cm³/mol. The number of hydrogen-bond acceptors (Lipinski definition) is 4. The third-order valence-corrected chi connectivity index (χ3v) is 2.94. The van der Waals surface area contributed by atoms with E-state index >= 15 is 0 Å². The number of anilines is 1. The van der Waals surface area contributed by atoms with Crippen LogP contribution in [0.15, 0.2) is 18.2 Å². The van der Waals surface area contributed by atoms with Gasteiger partial charge in [-0.05, 0) is 12.1 Å². The van der Waals surface area contributed by atoms with E-state index in [4.69, 9.17) is 23.2 Å². The minimum Gasteiger partial charge on any atom is -0.467 e. The Morgan fingerprint density at radius 1 is 1.32 bits per heavy atom. The van der Waals surface area contributed by atoms with Gasteiger partial charge in [0.15, 0.2) is 0 Å². The number of ether oxygens (including phenoxy) is 1. The molecule has 0 aromatic heterocycles. The number of hydrogen-bond donors (Lipinski definition) is 2. The van der Waals surface area contributed by atoms with E-state index in [0.717, 1.165) is 0 Å². The first-order valence-corrected chi connectivity index (χ1v) is 6.24. The molecule has 0 aliphatic heterocycles. The van der Waals surface area contributed by atoms with E-state index in [2.05, 4.69) is 15.4 Å². The number of rotatable bonds is 5. The Kier molecular flexibility index (Phi) is 5.92. The lowest BCUT2D eigenvalue weighted by atomic mass is 10.2. The van der Waals surface area contributed by atoms with Crippen LogP contribution in [0.1, 0.15) is 6.92 Å². The van der Waals surface area contributed by atoms with E-state index in [0.29, 0.717) is 15.7 Å². The fraction of sp³-hybridized carbons (Fsp3) is 0.333. The summed E-state index contributed by atoms with van der Waals surface area (Å²) < 4.78 is 4.60. The number of carbonyl (C=O) groups is 2. The molecule has 1 rings (SSSR count). The highest BCUT2D eigenvalue weighted by Gasteiger charge is 2.20. The highest BCUT2D eigenvalue weighted by molar-refractivity contribution is 6.39. The molecule has 0 spiro atoms. The second-order valence-electron chi connectivity index (χ2n) is 3.75. The molecule has 1 unspecified atom stereocenters. The second kappa shape index (κ2) is 7.21. The highest BCUT2D eigenvalue weighted by atomic mass is 35.5. The molecule has 5 nitrogen and oxygen atoms in total. The van der Waals surface area contributed by atoms with Crippen molar-refractivity contribution < 1.29 is 14.3 Å². The van der Waals surface area contributed by atoms with Gasteiger partial charge in [-0.1, -0.05) is 29.3 Å². The quantitative estimate of drug-likeness (QED) is 0.817. The monoisotopic (exact) mass is 304 g/mol. The minimum absolute atomic E-state index is 0.121. The van der Waals surface area contributed by atoms with Crippen LogP contribution in [-0.4, -0.2) is 31.6 Å². The minimum atomic E-state index is -0.810. The molecule has 1 atom stereocenters. The molecule has 0 heterocycles. The Hall–Kier alpha value is -1.46. The third kappa shape index (κ3) is 4.61. The molecule has 19 heavy (non-hydrogen) atoms. The summed E-state index contributed by atoms with van der Waals surface area (Å²) in [5.41, 5.74) is 0.505. The maximum atomic E-state index is 11.5. The van der Waals surface area contributed by atoms with Gasteiger partial charge in [0.25, 0.3) is 0 Å². The molecule has 0 aliphatic rings. The number of para-hydroxylation sites is 1. The average Bonchev–Trinajstić information content (AvgIpc) is 2.35. The Labute approximate surface area is 121 Å². The maximum absolute atomic E-state index is 11.5. The standard InChI is InChI=1S/C12H14Cl2N2O3/c1-7(17)16-10(12(18)19-2)6-15-11-8(13)4-3-5-9(11)14/h3-5,10,15H,6H2,1-2H3,(H,16,17). The molecule has 0 radical (unpaired) electrons. The number of nitrogens with one attached hydrogen (secondary N) is 2. The molecule has 1 aromatic carbocycles. The summed E-state index contributed by atoms with van der Waals surface area (Å²) >= 11 is 12.0. The largest absolute Gasteiger partial charge is 0.467 e. The lowest BCUT2D eigenvalue weighted by molar-refractivity contribution is -0.144. The van der Waals surface area contributed by atoms with Crippen molar-refractivity contribution in [2.24, 2.45) is 0 Å². The zero-order chi connectivity index (χ0) is 14.4. The highest BCUT2D eigenvalue weighted by Crippen LogP contribution is 2.29. The van der Waals surface area contributed by atoms with Crippen molar-refractivity contribution in [1.29, 1.82) is 0 Å². The maximum Gasteiger partial charge on any atom is 0.330 e. The molecule has 0 saturated heterocycles. The average molecular weight is 305 g/mol. The Balaban J connectivity index is 2.76. The number of benzene rings is 1. The predicted octanol–water partition coefficient (Wildman–Crippen LogP) is 2.08. The molecule has 1 aromatic rings. The van der Waals surface area contributed by atoms with Crippen LogP contribution in [0.25, 0.3) is 0 Å². The SMILES string of the molecule is COC(=O)C(CNc1c(Cl)cccc1Cl)NC(C)=O. The fourth-order valence-electron chi connectivity index (χ4n) is 1.45. The van der Waals surface area contributed by atoms with Crippen LogP contribution in [0.4, 0.5) is 5.69 Å². The molecule has 104 valence electrons. The van der Waals surface area contributed by atoms with Gasteiger partial charge in [0, 0.05) is 13.5 Å². The number of esters is 1. The van der Waals surface area contributed by atoms with Crippen LogP contribution < -0.4 is 10.6 Å². The van der Waals surface area contributed by atoms with Gasteiger partial charge < -0.3 is 15.4 Å². The summed E-state index contributed by atoms with van der Waals surface area (Å²) in [6, 6.07) is 4.24. The van der Waals surface area contributed by atoms with E-state index in [1.54, 1.807) is 18.2 Å². The lowest BCUT2D eigenvalue weighted by Crippen LogP contribution is -2.45. The smallest absolute Gasteiger partial charge is 0.330 e. The van der Waals surface area contributed by atoms with Crippen molar-refractivity contribution >= 4 is 40.8 Å². The van der Waals surface area contributed by atoms with E-state index in [1.807, 2.05) is 0 Å². The van der Waals surface area contributed by atoms with Crippen LogP contribution in [-0.2, 0) is 14.3 Å². The third-order valence-electron chi connectivity index (χ3n) is 2.31. The zero-order valence-electron chi connectivity index (χ0n) is 10.5. The summed E-state index contributed by atoms with van der Waals surface area (Å²) in [5.74, 6) is -0.881. The van der Waals surface area contributed by atoms with Crippen LogP contribution in [0.2, 0.25) is 10.0 Å². The van der Waals surface area contributed by atoms with Gasteiger partial charge in [0.2, 0.25) is 5.91 Å². The molecule has 0 fully saturated rings. The second-order valence-corrected chi connectivity index (χ2v) is 4.57. The van der Waals surface area contributed by atoms with Gasteiger partial charge in [-0.2, -0.15) is 0 Å². The summed E-state index contributed by atoms with van der Waals surface area (Å²) in [4.78, 5) is 22.5. The van der Waals surface area contributed by atoms with Crippen LogP contribution in [0.3, 0.4) is 0 Å². The Bertz CT molecular complexity index is 460. The van der Waals surface area contributed by atoms with Gasteiger partial charge in [-0.15, -0.1) is 0 Å². The van der Waals surface area contributed by atoms with Gasteiger partial charge in [0.05, 0.1) is 22.8 Å². The molecule has 0 bridgehead atoms. The van der Waals surface area contributed by atoms with Crippen LogP contribution in [0.5, 0.6) is 0 Å². The molecule has 7 heteroatoms. The molecule has 2 N–H and O–H groups in total. The van der Waals surface area contributed by atoms with Crippen molar-refractivity contribution in [3.8, 4) is 0 Å². The van der Waals surface area contributed by atoms with Crippen molar-refractivity contribution in [2.75, 3.05) is 19.0 Å². The van der Waals surface area contributed by atoms with E-state index < -0.39 is 12.0 Å². The van der Waals surface area contributed by atoms with E-state index in [1.165, 1.54) is 14.0 Å². The lowest BCUT2D eigenvalue weighted by Gasteiger charge is -2.18. The van der Waals surface area contributed by atoms with Gasteiger partial charge in [0.1, 0.15) is 6.04 Å². The molecule has 1 amide bonds. The first kappa shape index (κ1) is 15.6. The molecular weight excluding hydrogens is 291 g/mol. The van der Waals surface area contributed by atoms with Crippen LogP contribution >= 0.6 is 23.2 Å². The Morgan fingerprint density at radius 2 is 1.89 bits per heavy atom. The molecule has 0 aliphatic carbocycles. The first-order valence-electron chi connectivity index (χ1n) is 5.48. The molecular formula is C12H14Cl2N2O3. The Morgan fingerprint density at radius 3 is 2.37 bits per heavy atom. The number of halogens is 2. The summed E-state index contributed by atoms with van der Waals surface area (Å²) in [6.45, 7) is 1.44. The summed E-state index contributed by atoms with van der Waals surface area (Å²) in [7, 11) is 1.25. The number of carbonyl (C=O) groups excluding carboxylic acids is 2. The van der Waals surface area contributed by atoms with Crippen molar-refractivity contribution in [3.05, 3.63) is 28.2 Å².